The van der Waals surface area contributed by atoms with Gasteiger partial charge in [0.1, 0.15) is 12.4 Å². The molecular formula is C17H20N2O. The Morgan fingerprint density at radius 1 is 1.25 bits per heavy atom. The number of nitrogens with one attached hydrogen (secondary N) is 1. The first-order chi connectivity index (χ1) is 9.54. The highest BCUT2D eigenvalue weighted by atomic mass is 16.5. The molecule has 0 fully saturated rings. The van der Waals surface area contributed by atoms with Crippen molar-refractivity contribution in [3.05, 3.63) is 53.9 Å². The van der Waals surface area contributed by atoms with E-state index in [2.05, 4.69) is 55.3 Å². The van der Waals surface area contributed by atoms with Gasteiger partial charge in [0.25, 0.3) is 0 Å². The average Bonchev–Trinajstić information content (AvgIpc) is 2.46. The molecule has 3 rings (SSSR count). The van der Waals surface area contributed by atoms with Gasteiger partial charge in [-0.15, -0.1) is 0 Å². The van der Waals surface area contributed by atoms with E-state index in [4.69, 9.17) is 4.74 Å². The summed E-state index contributed by atoms with van der Waals surface area (Å²) in [5.41, 5.74) is 3.66. The molecule has 0 saturated carbocycles. The largest absolute Gasteiger partial charge is 0.489 e. The zero-order valence-electron chi connectivity index (χ0n) is 12.2. The molecule has 0 amide bonds. The Morgan fingerprint density at radius 2 is 2.10 bits per heavy atom. The highest BCUT2D eigenvalue weighted by Crippen LogP contribution is 2.36. The van der Waals surface area contributed by atoms with Crippen molar-refractivity contribution in [2.45, 2.75) is 32.2 Å². The number of hydrogen-bond acceptors (Lipinski definition) is 3. The molecular weight excluding hydrogens is 248 g/mol. The number of aromatic nitrogens is 1. The van der Waals surface area contributed by atoms with Crippen LogP contribution in [-0.2, 0) is 5.41 Å². The Hall–Kier alpha value is -2.03. The maximum absolute atomic E-state index is 5.87. The number of hydrogen-bond donors (Lipinski definition) is 1. The van der Waals surface area contributed by atoms with E-state index in [-0.39, 0.29) is 11.5 Å². The first-order valence-corrected chi connectivity index (χ1v) is 6.98. The number of pyridine rings is 1. The third-order valence-electron chi connectivity index (χ3n) is 3.67. The molecule has 1 N–H and O–H groups in total. The highest BCUT2D eigenvalue weighted by molar-refractivity contribution is 5.61. The number of anilines is 1. The predicted molar refractivity (Wildman–Crippen MR) is 81.2 cm³/mol. The maximum Gasteiger partial charge on any atom is 0.142 e. The quantitative estimate of drug-likeness (QED) is 0.851. The van der Waals surface area contributed by atoms with Gasteiger partial charge in [-0.3, -0.25) is 4.98 Å². The zero-order valence-corrected chi connectivity index (χ0v) is 12.2. The van der Waals surface area contributed by atoms with Gasteiger partial charge in [0, 0.05) is 12.4 Å². The highest BCUT2D eigenvalue weighted by Gasteiger charge is 2.22. The molecule has 3 nitrogen and oxygen atoms in total. The first-order valence-electron chi connectivity index (χ1n) is 6.98. The summed E-state index contributed by atoms with van der Waals surface area (Å²) in [4.78, 5) is 4.18. The lowest BCUT2D eigenvalue weighted by molar-refractivity contribution is 0.286. The summed E-state index contributed by atoms with van der Waals surface area (Å²) in [6.07, 6.45) is 3.68. The summed E-state index contributed by atoms with van der Waals surface area (Å²) in [6, 6.07) is 10.6. The van der Waals surface area contributed by atoms with Crippen molar-refractivity contribution in [3.63, 3.8) is 0 Å². The molecule has 0 saturated heterocycles. The van der Waals surface area contributed by atoms with Crippen molar-refractivity contribution >= 4 is 5.69 Å². The molecule has 0 bridgehead atoms. The summed E-state index contributed by atoms with van der Waals surface area (Å²) in [5, 5.41) is 3.56. The molecule has 104 valence electrons. The average molecular weight is 268 g/mol. The van der Waals surface area contributed by atoms with Crippen LogP contribution in [0.2, 0.25) is 0 Å². The third-order valence-corrected chi connectivity index (χ3v) is 3.67. The van der Waals surface area contributed by atoms with E-state index in [0.29, 0.717) is 6.61 Å². The summed E-state index contributed by atoms with van der Waals surface area (Å²) < 4.78 is 5.87. The van der Waals surface area contributed by atoms with E-state index in [1.165, 1.54) is 5.56 Å². The van der Waals surface area contributed by atoms with Crippen LogP contribution in [0, 0.1) is 0 Å². The van der Waals surface area contributed by atoms with Gasteiger partial charge in [-0.25, -0.2) is 0 Å². The van der Waals surface area contributed by atoms with Crippen LogP contribution in [0.4, 0.5) is 5.69 Å². The second-order valence-corrected chi connectivity index (χ2v) is 6.26. The molecule has 0 radical (unpaired) electrons. The molecule has 1 unspecified atom stereocenters. The van der Waals surface area contributed by atoms with Crippen molar-refractivity contribution < 1.29 is 4.74 Å². The van der Waals surface area contributed by atoms with Crippen molar-refractivity contribution in [1.29, 1.82) is 0 Å². The molecule has 1 aliphatic rings. The fourth-order valence-corrected chi connectivity index (χ4v) is 2.40. The van der Waals surface area contributed by atoms with Gasteiger partial charge in [-0.1, -0.05) is 32.9 Å². The maximum atomic E-state index is 5.87. The second-order valence-electron chi connectivity index (χ2n) is 6.26. The van der Waals surface area contributed by atoms with Gasteiger partial charge in [0.05, 0.1) is 11.7 Å². The molecule has 3 heteroatoms. The molecule has 1 aromatic heterocycles. The molecule has 2 aromatic rings. The van der Waals surface area contributed by atoms with Crippen LogP contribution in [0.25, 0.3) is 0 Å². The van der Waals surface area contributed by atoms with Crippen molar-refractivity contribution in [2.24, 2.45) is 0 Å². The van der Waals surface area contributed by atoms with E-state index in [1.54, 1.807) is 6.20 Å². The fourth-order valence-electron chi connectivity index (χ4n) is 2.40. The van der Waals surface area contributed by atoms with E-state index < -0.39 is 0 Å². The predicted octanol–water partition coefficient (Wildman–Crippen LogP) is 3.92. The van der Waals surface area contributed by atoms with Crippen LogP contribution in [0.3, 0.4) is 0 Å². The Balaban J connectivity index is 1.90. The van der Waals surface area contributed by atoms with Crippen molar-refractivity contribution in [3.8, 4) is 5.75 Å². The lowest BCUT2D eigenvalue weighted by atomic mass is 9.86. The molecule has 20 heavy (non-hydrogen) atoms. The first kappa shape index (κ1) is 13.0. The van der Waals surface area contributed by atoms with Gasteiger partial charge in [0.2, 0.25) is 0 Å². The fraction of sp³-hybridized carbons (Fsp3) is 0.353. The van der Waals surface area contributed by atoms with Crippen molar-refractivity contribution in [1.82, 2.24) is 4.98 Å². The Kier molecular flexibility index (Phi) is 3.13. The van der Waals surface area contributed by atoms with Crippen LogP contribution in [0.15, 0.2) is 42.7 Å². The van der Waals surface area contributed by atoms with Crippen LogP contribution in [0.5, 0.6) is 5.75 Å². The van der Waals surface area contributed by atoms with E-state index in [1.807, 2.05) is 12.3 Å². The van der Waals surface area contributed by atoms with E-state index in [0.717, 1.165) is 17.0 Å². The monoisotopic (exact) mass is 268 g/mol. The molecule has 1 aliphatic heterocycles. The van der Waals surface area contributed by atoms with Gasteiger partial charge < -0.3 is 10.1 Å². The normalized spacial score (nSPS) is 17.9. The minimum atomic E-state index is 0.137. The SMILES string of the molecule is CC(C)(C)c1ccc2c(c1)NC(c1cccnc1)CO2. The molecule has 0 spiro atoms. The standard InChI is InChI=1S/C17H20N2O/c1-17(2,3)13-6-7-16-14(9-13)19-15(11-20-16)12-5-4-8-18-10-12/h4-10,15,19H,11H2,1-3H3. The Labute approximate surface area is 120 Å². The van der Waals surface area contributed by atoms with Crippen LogP contribution >= 0.6 is 0 Å². The van der Waals surface area contributed by atoms with Gasteiger partial charge >= 0.3 is 0 Å². The lowest BCUT2D eigenvalue weighted by Gasteiger charge is -2.29. The topological polar surface area (TPSA) is 34.2 Å². The van der Waals surface area contributed by atoms with E-state index >= 15 is 0 Å². The second kappa shape index (κ2) is 4.82. The Morgan fingerprint density at radius 3 is 2.80 bits per heavy atom. The minimum Gasteiger partial charge on any atom is -0.489 e. The summed E-state index contributed by atoms with van der Waals surface area (Å²) >= 11 is 0. The van der Waals surface area contributed by atoms with E-state index in [9.17, 15) is 0 Å². The summed E-state index contributed by atoms with van der Waals surface area (Å²) in [6.45, 7) is 7.29. The zero-order chi connectivity index (χ0) is 14.2. The number of fused-ring (bicyclic) bond motifs is 1. The Bertz CT molecular complexity index is 602. The molecule has 2 heterocycles. The van der Waals surface area contributed by atoms with Crippen LogP contribution in [0.1, 0.15) is 37.9 Å². The number of rotatable bonds is 1. The summed E-state index contributed by atoms with van der Waals surface area (Å²) in [5.74, 6) is 0.929. The van der Waals surface area contributed by atoms with Gasteiger partial charge in [0.15, 0.2) is 0 Å². The molecule has 1 aromatic carbocycles. The molecule has 0 aliphatic carbocycles. The number of ether oxygens (including phenoxy) is 1. The van der Waals surface area contributed by atoms with Crippen LogP contribution < -0.4 is 10.1 Å². The van der Waals surface area contributed by atoms with Gasteiger partial charge in [-0.2, -0.15) is 0 Å². The smallest absolute Gasteiger partial charge is 0.142 e. The molecule has 1 atom stereocenters. The van der Waals surface area contributed by atoms with Gasteiger partial charge in [-0.05, 0) is 34.7 Å². The van der Waals surface area contributed by atoms with Crippen LogP contribution in [-0.4, -0.2) is 11.6 Å². The summed E-state index contributed by atoms with van der Waals surface area (Å²) in [7, 11) is 0. The number of nitrogens with zero attached hydrogens (tertiary/aromatic N) is 1. The lowest BCUT2D eigenvalue weighted by Crippen LogP contribution is -2.24. The van der Waals surface area contributed by atoms with Crippen molar-refractivity contribution in [2.75, 3.05) is 11.9 Å². The number of benzene rings is 1. The minimum absolute atomic E-state index is 0.137. The third kappa shape index (κ3) is 2.48.